The molecule has 1 aliphatic heterocycles. The molecule has 1 unspecified atom stereocenters. The Balaban J connectivity index is 2.76. The minimum Gasteiger partial charge on any atom is -0.392 e. The van der Waals surface area contributed by atoms with Crippen molar-refractivity contribution in [2.45, 2.75) is 45.8 Å². The van der Waals surface area contributed by atoms with Gasteiger partial charge in [0.25, 0.3) is 0 Å². The first-order valence-electron chi connectivity index (χ1n) is 4.40. The van der Waals surface area contributed by atoms with Crippen LogP contribution in [0.15, 0.2) is 0 Å². The van der Waals surface area contributed by atoms with Gasteiger partial charge in [0.15, 0.2) is 0 Å². The molecule has 0 aromatic carbocycles. The van der Waals surface area contributed by atoms with E-state index in [4.69, 9.17) is 0 Å². The predicted octanol–water partition coefficient (Wildman–Crippen LogP) is 1.25. The fourth-order valence-corrected chi connectivity index (χ4v) is 1.56. The van der Waals surface area contributed by atoms with Crippen molar-refractivity contribution >= 4 is 0 Å². The van der Waals surface area contributed by atoms with Gasteiger partial charge in [0.2, 0.25) is 0 Å². The van der Waals surface area contributed by atoms with Crippen LogP contribution in [0, 0.1) is 5.41 Å². The van der Waals surface area contributed by atoms with Crippen LogP contribution in [0.3, 0.4) is 0 Å². The van der Waals surface area contributed by atoms with E-state index in [1.165, 1.54) is 5.06 Å². The summed E-state index contributed by atoms with van der Waals surface area (Å²) in [6, 6.07) is 0. The Kier molecular flexibility index (Phi) is 2.23. The van der Waals surface area contributed by atoms with Crippen molar-refractivity contribution in [3.8, 4) is 0 Å². The minimum atomic E-state index is -0.323. The Morgan fingerprint density at radius 2 is 1.75 bits per heavy atom. The Hall–Kier alpha value is -0.120. The lowest BCUT2D eigenvalue weighted by Crippen LogP contribution is -2.57. The summed E-state index contributed by atoms with van der Waals surface area (Å²) < 4.78 is 0. The molecule has 3 heteroatoms. The number of hydrogen-bond acceptors (Lipinski definition) is 3. The van der Waals surface area contributed by atoms with Crippen LogP contribution < -0.4 is 0 Å². The number of rotatable bonds is 0. The van der Waals surface area contributed by atoms with Crippen molar-refractivity contribution in [3.05, 3.63) is 0 Å². The molecule has 3 nitrogen and oxygen atoms in total. The first-order chi connectivity index (χ1) is 5.26. The second kappa shape index (κ2) is 2.69. The van der Waals surface area contributed by atoms with E-state index in [1.807, 2.05) is 27.7 Å². The molecule has 12 heavy (non-hydrogen) atoms. The molecule has 72 valence electrons. The molecule has 1 heterocycles. The molecule has 0 saturated carbocycles. The summed E-state index contributed by atoms with van der Waals surface area (Å²) in [7, 11) is 0. The lowest BCUT2D eigenvalue weighted by molar-refractivity contribution is -0.228. The highest BCUT2D eigenvalue weighted by Crippen LogP contribution is 2.36. The van der Waals surface area contributed by atoms with Crippen LogP contribution in [0.25, 0.3) is 0 Å². The number of aliphatic hydroxyl groups is 1. The third kappa shape index (κ3) is 1.63. The summed E-state index contributed by atoms with van der Waals surface area (Å²) in [6.07, 6.45) is 0.298. The van der Waals surface area contributed by atoms with Gasteiger partial charge in [-0.15, -0.1) is 0 Å². The molecule has 2 N–H and O–H groups in total. The second-order valence-electron chi connectivity index (χ2n) is 5.08. The molecule has 0 aromatic heterocycles. The molecular weight excluding hydrogens is 154 g/mol. The number of piperidine rings is 1. The average molecular weight is 173 g/mol. The van der Waals surface area contributed by atoms with Crippen molar-refractivity contribution in [2.75, 3.05) is 6.54 Å². The molecule has 1 atom stereocenters. The fourth-order valence-electron chi connectivity index (χ4n) is 1.56. The highest BCUT2D eigenvalue weighted by atomic mass is 16.5. The first kappa shape index (κ1) is 9.96. The number of hydroxylamine groups is 2. The number of nitrogens with zero attached hydrogens (tertiary/aromatic N) is 1. The Morgan fingerprint density at radius 1 is 1.25 bits per heavy atom. The maximum Gasteiger partial charge on any atom is 0.0622 e. The molecule has 0 spiro atoms. The van der Waals surface area contributed by atoms with Gasteiger partial charge >= 0.3 is 0 Å². The third-order valence-corrected chi connectivity index (χ3v) is 2.85. The standard InChI is InChI=1S/C9H19NO2/c1-8(2)6-10(12)9(3,4)5-7(8)11/h7,11-12H,5-6H2,1-4H3. The van der Waals surface area contributed by atoms with Gasteiger partial charge in [0.05, 0.1) is 6.10 Å². The summed E-state index contributed by atoms with van der Waals surface area (Å²) in [5.41, 5.74) is -0.501. The Morgan fingerprint density at radius 3 is 2.17 bits per heavy atom. The van der Waals surface area contributed by atoms with Gasteiger partial charge in [-0.25, -0.2) is 0 Å². The van der Waals surface area contributed by atoms with Crippen LogP contribution in [-0.2, 0) is 0 Å². The summed E-state index contributed by atoms with van der Waals surface area (Å²) in [5.74, 6) is 0. The van der Waals surface area contributed by atoms with Crippen molar-refractivity contribution < 1.29 is 10.3 Å². The predicted molar refractivity (Wildman–Crippen MR) is 47.0 cm³/mol. The van der Waals surface area contributed by atoms with Crippen molar-refractivity contribution in [1.82, 2.24) is 5.06 Å². The molecule has 1 rings (SSSR count). The maximum atomic E-state index is 9.75. The smallest absolute Gasteiger partial charge is 0.0622 e. The summed E-state index contributed by atoms with van der Waals surface area (Å²) in [5, 5.41) is 20.7. The van der Waals surface area contributed by atoms with E-state index < -0.39 is 0 Å². The molecule has 0 bridgehead atoms. The van der Waals surface area contributed by atoms with Gasteiger partial charge in [-0.05, 0) is 20.3 Å². The quantitative estimate of drug-likeness (QED) is 0.579. The molecule has 0 aromatic rings. The normalized spacial score (nSPS) is 35.0. The minimum absolute atomic E-state index is 0.204. The van der Waals surface area contributed by atoms with E-state index >= 15 is 0 Å². The molecular formula is C9H19NO2. The van der Waals surface area contributed by atoms with Gasteiger partial charge in [-0.1, -0.05) is 13.8 Å². The van der Waals surface area contributed by atoms with Crippen LogP contribution in [-0.4, -0.2) is 33.6 Å². The zero-order valence-electron chi connectivity index (χ0n) is 8.33. The summed E-state index contributed by atoms with van der Waals surface area (Å²) in [4.78, 5) is 0. The fraction of sp³-hybridized carbons (Fsp3) is 1.00. The van der Waals surface area contributed by atoms with E-state index in [0.29, 0.717) is 13.0 Å². The number of hydrogen-bond donors (Lipinski definition) is 2. The highest BCUT2D eigenvalue weighted by Gasteiger charge is 2.43. The van der Waals surface area contributed by atoms with E-state index in [2.05, 4.69) is 0 Å². The molecule has 1 fully saturated rings. The van der Waals surface area contributed by atoms with Gasteiger partial charge in [-0.2, -0.15) is 5.06 Å². The third-order valence-electron chi connectivity index (χ3n) is 2.85. The van der Waals surface area contributed by atoms with Crippen LogP contribution in [0.5, 0.6) is 0 Å². The van der Waals surface area contributed by atoms with Crippen molar-refractivity contribution in [2.24, 2.45) is 5.41 Å². The second-order valence-corrected chi connectivity index (χ2v) is 5.08. The zero-order valence-corrected chi connectivity index (χ0v) is 8.33. The number of aliphatic hydroxyl groups excluding tert-OH is 1. The van der Waals surface area contributed by atoms with Gasteiger partial charge in [0.1, 0.15) is 0 Å². The summed E-state index contributed by atoms with van der Waals surface area (Å²) in [6.45, 7) is 8.34. The zero-order chi connectivity index (χ0) is 9.57. The molecule has 1 aliphatic rings. The maximum absolute atomic E-state index is 9.75. The Labute approximate surface area is 74.0 Å². The van der Waals surface area contributed by atoms with E-state index in [1.54, 1.807) is 0 Å². The highest BCUT2D eigenvalue weighted by molar-refractivity contribution is 4.94. The lowest BCUT2D eigenvalue weighted by Gasteiger charge is -2.48. The largest absolute Gasteiger partial charge is 0.392 e. The SMILES string of the molecule is CC1(C)CN(O)C(C)(C)CC1O. The summed E-state index contributed by atoms with van der Waals surface area (Å²) >= 11 is 0. The van der Waals surface area contributed by atoms with Gasteiger partial charge in [0, 0.05) is 17.5 Å². The molecule has 0 radical (unpaired) electrons. The molecule has 1 saturated heterocycles. The monoisotopic (exact) mass is 173 g/mol. The Bertz CT molecular complexity index is 157. The van der Waals surface area contributed by atoms with E-state index in [0.717, 1.165) is 0 Å². The molecule has 0 amide bonds. The topological polar surface area (TPSA) is 43.7 Å². The van der Waals surface area contributed by atoms with Crippen LogP contribution in [0.1, 0.15) is 34.1 Å². The van der Waals surface area contributed by atoms with E-state index in [9.17, 15) is 10.3 Å². The van der Waals surface area contributed by atoms with Crippen LogP contribution in [0.4, 0.5) is 0 Å². The lowest BCUT2D eigenvalue weighted by atomic mass is 9.75. The van der Waals surface area contributed by atoms with Crippen LogP contribution >= 0.6 is 0 Å². The average Bonchev–Trinajstić information content (AvgIpc) is 1.82. The van der Waals surface area contributed by atoms with Crippen LogP contribution in [0.2, 0.25) is 0 Å². The van der Waals surface area contributed by atoms with Gasteiger partial charge < -0.3 is 10.3 Å². The van der Waals surface area contributed by atoms with Crippen molar-refractivity contribution in [3.63, 3.8) is 0 Å². The molecule has 0 aliphatic carbocycles. The van der Waals surface area contributed by atoms with Crippen molar-refractivity contribution in [1.29, 1.82) is 0 Å². The van der Waals surface area contributed by atoms with Gasteiger partial charge in [-0.3, -0.25) is 0 Å². The van der Waals surface area contributed by atoms with E-state index in [-0.39, 0.29) is 17.1 Å². The first-order valence-corrected chi connectivity index (χ1v) is 4.40.